The largest absolute Gasteiger partial charge is 0.383 e. The number of ketones is 1. The molecule has 4 heteroatoms. The van der Waals surface area contributed by atoms with E-state index in [1.807, 2.05) is 6.92 Å². The molecule has 2 N–H and O–H groups in total. The van der Waals surface area contributed by atoms with Crippen molar-refractivity contribution in [3.05, 3.63) is 34.3 Å². The molecule has 0 aliphatic rings. The summed E-state index contributed by atoms with van der Waals surface area (Å²) in [7, 11) is 1.51. The molecule has 0 saturated carbocycles. The number of carbonyl (C=O) groups excluding carboxylic acids is 1. The summed E-state index contributed by atoms with van der Waals surface area (Å²) in [6, 6.07) is 4.52. The lowest BCUT2D eigenvalue weighted by molar-refractivity contribution is 0.0892. The van der Waals surface area contributed by atoms with E-state index >= 15 is 0 Å². The minimum atomic E-state index is -0.631. The first-order valence-electron chi connectivity index (χ1n) is 4.61. The summed E-state index contributed by atoms with van der Waals surface area (Å²) in [4.78, 5) is 11.7. The minimum absolute atomic E-state index is 0.154. The molecule has 0 amide bonds. The Balaban J connectivity index is 2.87. The van der Waals surface area contributed by atoms with Gasteiger partial charge < -0.3 is 10.5 Å². The molecule has 1 aromatic rings. The third-order valence-corrected chi connectivity index (χ3v) is 2.55. The highest BCUT2D eigenvalue weighted by molar-refractivity contribution is 6.31. The molecule has 15 heavy (non-hydrogen) atoms. The predicted octanol–water partition coefficient (Wildman–Crippen LogP) is 1.80. The van der Waals surface area contributed by atoms with Crippen molar-refractivity contribution in [2.45, 2.75) is 13.0 Å². The van der Waals surface area contributed by atoms with Gasteiger partial charge in [-0.3, -0.25) is 4.79 Å². The van der Waals surface area contributed by atoms with Gasteiger partial charge in [0, 0.05) is 17.7 Å². The second-order valence-corrected chi connectivity index (χ2v) is 3.80. The fourth-order valence-corrected chi connectivity index (χ4v) is 1.40. The molecule has 0 heterocycles. The van der Waals surface area contributed by atoms with Gasteiger partial charge in [-0.15, -0.1) is 0 Å². The molecule has 1 atom stereocenters. The first-order valence-corrected chi connectivity index (χ1v) is 4.99. The zero-order chi connectivity index (χ0) is 11.4. The Morgan fingerprint density at radius 2 is 2.27 bits per heavy atom. The van der Waals surface area contributed by atoms with Crippen molar-refractivity contribution in [2.75, 3.05) is 13.7 Å². The molecule has 0 fully saturated rings. The van der Waals surface area contributed by atoms with E-state index < -0.39 is 6.04 Å². The van der Waals surface area contributed by atoms with E-state index in [1.165, 1.54) is 7.11 Å². The van der Waals surface area contributed by atoms with Crippen molar-refractivity contribution >= 4 is 17.4 Å². The average Bonchev–Trinajstić information content (AvgIpc) is 2.21. The van der Waals surface area contributed by atoms with Crippen molar-refractivity contribution in [3.63, 3.8) is 0 Å². The zero-order valence-corrected chi connectivity index (χ0v) is 9.54. The SMILES string of the molecule is COCC(N)C(=O)c1ccc(C)c(Cl)c1. The van der Waals surface area contributed by atoms with Crippen LogP contribution in [0.5, 0.6) is 0 Å². The van der Waals surface area contributed by atoms with E-state index in [2.05, 4.69) is 0 Å². The molecule has 0 spiro atoms. The van der Waals surface area contributed by atoms with E-state index in [0.717, 1.165) is 5.56 Å². The average molecular weight is 228 g/mol. The van der Waals surface area contributed by atoms with Crippen LogP contribution in [0.25, 0.3) is 0 Å². The van der Waals surface area contributed by atoms with Crippen molar-refractivity contribution < 1.29 is 9.53 Å². The number of rotatable bonds is 4. The maximum atomic E-state index is 11.7. The molecule has 82 valence electrons. The number of hydrogen-bond donors (Lipinski definition) is 1. The summed E-state index contributed by atoms with van der Waals surface area (Å²) in [6.07, 6.45) is 0. The number of nitrogens with two attached hydrogens (primary N) is 1. The third kappa shape index (κ3) is 3.02. The number of methoxy groups -OCH3 is 1. The monoisotopic (exact) mass is 227 g/mol. The number of halogens is 1. The second kappa shape index (κ2) is 5.26. The van der Waals surface area contributed by atoms with Gasteiger partial charge in [-0.1, -0.05) is 23.7 Å². The van der Waals surface area contributed by atoms with Crippen LogP contribution in [0.15, 0.2) is 18.2 Å². The summed E-state index contributed by atoms with van der Waals surface area (Å²) in [5.41, 5.74) is 7.09. The van der Waals surface area contributed by atoms with Gasteiger partial charge in [0.25, 0.3) is 0 Å². The molecule has 3 nitrogen and oxygen atoms in total. The minimum Gasteiger partial charge on any atom is -0.383 e. The Kier molecular flexibility index (Phi) is 4.27. The standard InChI is InChI=1S/C11H14ClNO2/c1-7-3-4-8(5-9(7)12)11(14)10(13)6-15-2/h3-5,10H,6,13H2,1-2H3. The highest BCUT2D eigenvalue weighted by Crippen LogP contribution is 2.17. The molecule has 0 aliphatic heterocycles. The molecule has 1 unspecified atom stereocenters. The van der Waals surface area contributed by atoms with Crippen LogP contribution >= 0.6 is 11.6 Å². The van der Waals surface area contributed by atoms with Crippen LogP contribution in [0.3, 0.4) is 0 Å². The summed E-state index contributed by atoms with van der Waals surface area (Å²) >= 11 is 5.92. The first-order chi connectivity index (χ1) is 7.06. The number of ether oxygens (including phenoxy) is 1. The highest BCUT2D eigenvalue weighted by Gasteiger charge is 2.15. The maximum Gasteiger partial charge on any atom is 0.181 e. The summed E-state index contributed by atoms with van der Waals surface area (Å²) in [5, 5.41) is 0.575. The van der Waals surface area contributed by atoms with Crippen LogP contribution in [0.1, 0.15) is 15.9 Å². The summed E-state index contributed by atoms with van der Waals surface area (Å²) in [6.45, 7) is 2.09. The topological polar surface area (TPSA) is 52.3 Å². The lowest BCUT2D eigenvalue weighted by Crippen LogP contribution is -2.34. The molecular weight excluding hydrogens is 214 g/mol. The molecule has 0 aromatic heterocycles. The van der Waals surface area contributed by atoms with Crippen molar-refractivity contribution in [1.29, 1.82) is 0 Å². The van der Waals surface area contributed by atoms with Gasteiger partial charge in [-0.2, -0.15) is 0 Å². The van der Waals surface area contributed by atoms with Gasteiger partial charge in [0.05, 0.1) is 12.6 Å². The molecule has 0 radical (unpaired) electrons. The maximum absolute atomic E-state index is 11.7. The first kappa shape index (κ1) is 12.2. The van der Waals surface area contributed by atoms with E-state index in [4.69, 9.17) is 22.1 Å². The lowest BCUT2D eigenvalue weighted by atomic mass is 10.0. The van der Waals surface area contributed by atoms with Crippen LogP contribution in [0, 0.1) is 6.92 Å². The van der Waals surface area contributed by atoms with Crippen LogP contribution in [-0.2, 0) is 4.74 Å². The summed E-state index contributed by atoms with van der Waals surface area (Å²) in [5.74, 6) is -0.154. The Morgan fingerprint density at radius 1 is 1.60 bits per heavy atom. The molecule has 0 aliphatic carbocycles. The van der Waals surface area contributed by atoms with Crippen molar-refractivity contribution in [1.82, 2.24) is 0 Å². The number of hydrogen-bond acceptors (Lipinski definition) is 3. The molecule has 0 saturated heterocycles. The fraction of sp³-hybridized carbons (Fsp3) is 0.364. The Hall–Kier alpha value is -0.900. The van der Waals surface area contributed by atoms with Gasteiger partial charge in [-0.25, -0.2) is 0 Å². The smallest absolute Gasteiger partial charge is 0.181 e. The van der Waals surface area contributed by atoms with E-state index in [0.29, 0.717) is 10.6 Å². The van der Waals surface area contributed by atoms with Crippen molar-refractivity contribution in [2.24, 2.45) is 5.73 Å². The fourth-order valence-electron chi connectivity index (χ4n) is 1.22. The predicted molar refractivity (Wildman–Crippen MR) is 60.4 cm³/mol. The highest BCUT2D eigenvalue weighted by atomic mass is 35.5. The Morgan fingerprint density at radius 3 is 2.80 bits per heavy atom. The van der Waals surface area contributed by atoms with Crippen molar-refractivity contribution in [3.8, 4) is 0 Å². The number of Topliss-reactive ketones (excluding diaryl/α,β-unsaturated/α-hetero) is 1. The van der Waals surface area contributed by atoms with Crippen LogP contribution in [0.2, 0.25) is 5.02 Å². The number of carbonyl (C=O) groups is 1. The summed E-state index contributed by atoms with van der Waals surface area (Å²) < 4.78 is 4.82. The van der Waals surface area contributed by atoms with E-state index in [9.17, 15) is 4.79 Å². The van der Waals surface area contributed by atoms with Crippen LogP contribution in [-0.4, -0.2) is 25.5 Å². The van der Waals surface area contributed by atoms with Crippen LogP contribution in [0.4, 0.5) is 0 Å². The lowest BCUT2D eigenvalue weighted by Gasteiger charge is -2.09. The van der Waals surface area contributed by atoms with E-state index in [1.54, 1.807) is 18.2 Å². The van der Waals surface area contributed by atoms with Gasteiger partial charge in [0.2, 0.25) is 0 Å². The normalized spacial score (nSPS) is 12.5. The van der Waals surface area contributed by atoms with Gasteiger partial charge in [0.15, 0.2) is 5.78 Å². The Labute approximate surface area is 94.2 Å². The van der Waals surface area contributed by atoms with E-state index in [-0.39, 0.29) is 12.4 Å². The zero-order valence-electron chi connectivity index (χ0n) is 8.79. The molecule has 0 bridgehead atoms. The molecule has 1 rings (SSSR count). The molecule has 1 aromatic carbocycles. The van der Waals surface area contributed by atoms with Gasteiger partial charge >= 0.3 is 0 Å². The Bertz CT molecular complexity index is 366. The molecular formula is C11H14ClNO2. The third-order valence-electron chi connectivity index (χ3n) is 2.14. The quantitative estimate of drug-likeness (QED) is 0.799. The number of aryl methyl sites for hydroxylation is 1. The van der Waals surface area contributed by atoms with Crippen LogP contribution < -0.4 is 5.73 Å². The van der Waals surface area contributed by atoms with Gasteiger partial charge in [-0.05, 0) is 18.6 Å². The second-order valence-electron chi connectivity index (χ2n) is 3.39. The van der Waals surface area contributed by atoms with Gasteiger partial charge in [0.1, 0.15) is 0 Å². The number of benzene rings is 1.